The first-order valence-electron chi connectivity index (χ1n) is 2.78. The lowest BCUT2D eigenvalue weighted by molar-refractivity contribution is -0.128. The minimum Gasteiger partial charge on any atom is -0.363 e. The van der Waals surface area contributed by atoms with Crippen LogP contribution in [-0.4, -0.2) is 15.9 Å². The van der Waals surface area contributed by atoms with Crippen LogP contribution in [0.3, 0.4) is 0 Å². The van der Waals surface area contributed by atoms with Crippen molar-refractivity contribution in [3.8, 4) is 0 Å². The van der Waals surface area contributed by atoms with Crippen molar-refractivity contribution < 1.29 is 18.1 Å². The van der Waals surface area contributed by atoms with E-state index in [0.717, 1.165) is 6.26 Å². The van der Waals surface area contributed by atoms with Gasteiger partial charge >= 0.3 is 10.7 Å². The number of amides is 1. The van der Waals surface area contributed by atoms with Crippen molar-refractivity contribution in [3.05, 3.63) is 12.3 Å². The van der Waals surface area contributed by atoms with E-state index in [4.69, 9.17) is 0 Å². The number of carbonyl (C=O) groups excluding carboxylic acids is 1. The van der Waals surface area contributed by atoms with E-state index in [2.05, 4.69) is 9.68 Å². The number of rotatable bonds is 2. The second-order valence-electron chi connectivity index (χ2n) is 1.84. The van der Waals surface area contributed by atoms with Crippen molar-refractivity contribution in [2.75, 3.05) is 5.32 Å². The van der Waals surface area contributed by atoms with Crippen molar-refractivity contribution in [3.63, 3.8) is 0 Å². The van der Waals surface area contributed by atoms with Gasteiger partial charge in [0.2, 0.25) is 0 Å². The number of anilines is 1. The summed E-state index contributed by atoms with van der Waals surface area (Å²) in [6.45, 7) is 0. The van der Waals surface area contributed by atoms with E-state index in [0.29, 0.717) is 0 Å². The molecule has 0 bridgehead atoms. The van der Waals surface area contributed by atoms with Gasteiger partial charge in [-0.2, -0.15) is 8.78 Å². The summed E-state index contributed by atoms with van der Waals surface area (Å²) in [5.74, 6) is -1.55. The Kier molecular flexibility index (Phi) is 2.41. The van der Waals surface area contributed by atoms with Crippen molar-refractivity contribution in [1.82, 2.24) is 5.16 Å². The van der Waals surface area contributed by atoms with Crippen LogP contribution >= 0.6 is 15.9 Å². The van der Waals surface area contributed by atoms with Crippen LogP contribution in [-0.2, 0) is 4.79 Å². The Morgan fingerprint density at radius 1 is 1.75 bits per heavy atom. The van der Waals surface area contributed by atoms with Gasteiger partial charge in [-0.25, -0.2) is 0 Å². The highest BCUT2D eigenvalue weighted by molar-refractivity contribution is 9.10. The number of hydrogen-bond acceptors (Lipinski definition) is 3. The highest BCUT2D eigenvalue weighted by atomic mass is 79.9. The lowest BCUT2D eigenvalue weighted by Gasteiger charge is -2.05. The minimum atomic E-state index is -3.59. The highest BCUT2D eigenvalue weighted by Gasteiger charge is 2.35. The second-order valence-corrected chi connectivity index (χ2v) is 2.83. The number of hydrogen-bond donors (Lipinski definition) is 1. The predicted molar refractivity (Wildman–Crippen MR) is 39.0 cm³/mol. The topological polar surface area (TPSA) is 55.1 Å². The van der Waals surface area contributed by atoms with Crippen molar-refractivity contribution in [1.29, 1.82) is 0 Å². The fourth-order valence-corrected chi connectivity index (χ4v) is 0.563. The molecule has 0 fully saturated rings. The fraction of sp³-hybridized carbons (Fsp3) is 0.200. The molecule has 66 valence electrons. The molecule has 1 aromatic rings. The van der Waals surface area contributed by atoms with Crippen LogP contribution in [0.25, 0.3) is 0 Å². The predicted octanol–water partition coefficient (Wildman–Crippen LogP) is 1.60. The molecule has 0 aliphatic carbocycles. The maximum atomic E-state index is 12.2. The van der Waals surface area contributed by atoms with Crippen LogP contribution in [0.2, 0.25) is 0 Å². The summed E-state index contributed by atoms with van der Waals surface area (Å²) in [7, 11) is 0. The van der Waals surface area contributed by atoms with E-state index < -0.39 is 10.7 Å². The maximum absolute atomic E-state index is 12.2. The monoisotopic (exact) mass is 240 g/mol. The van der Waals surface area contributed by atoms with E-state index in [1.807, 2.05) is 21.2 Å². The molecule has 1 heterocycles. The van der Waals surface area contributed by atoms with Crippen LogP contribution < -0.4 is 5.32 Å². The Morgan fingerprint density at radius 2 is 2.42 bits per heavy atom. The zero-order valence-corrected chi connectivity index (χ0v) is 7.14. The third kappa shape index (κ3) is 2.26. The molecule has 0 spiro atoms. The summed E-state index contributed by atoms with van der Waals surface area (Å²) in [4.78, 5) is 6.95. The van der Waals surface area contributed by atoms with Crippen LogP contribution in [0.4, 0.5) is 14.6 Å². The van der Waals surface area contributed by atoms with Gasteiger partial charge in [0.1, 0.15) is 6.26 Å². The van der Waals surface area contributed by atoms with Crippen LogP contribution in [0.5, 0.6) is 0 Å². The number of halogens is 3. The molecular formula is C5H3BrF2N2O2. The van der Waals surface area contributed by atoms with Gasteiger partial charge in [-0.3, -0.25) is 4.79 Å². The summed E-state index contributed by atoms with van der Waals surface area (Å²) < 4.78 is 28.6. The third-order valence-electron chi connectivity index (χ3n) is 0.937. The number of nitrogens with zero attached hydrogens (tertiary/aromatic N) is 1. The van der Waals surface area contributed by atoms with Crippen LogP contribution in [0.15, 0.2) is 16.9 Å². The lowest BCUT2D eigenvalue weighted by atomic mass is 10.5. The number of alkyl halides is 3. The van der Waals surface area contributed by atoms with Crippen LogP contribution in [0.1, 0.15) is 0 Å². The molecule has 0 saturated heterocycles. The Morgan fingerprint density at radius 3 is 2.83 bits per heavy atom. The summed E-state index contributed by atoms with van der Waals surface area (Å²) in [5, 5.41) is 5.03. The smallest absolute Gasteiger partial charge is 0.363 e. The average molecular weight is 241 g/mol. The normalized spacial score (nSPS) is 11.2. The zero-order chi connectivity index (χ0) is 9.19. The molecule has 1 N–H and O–H groups in total. The largest absolute Gasteiger partial charge is 0.378 e. The number of aromatic nitrogens is 1. The molecule has 12 heavy (non-hydrogen) atoms. The van der Waals surface area contributed by atoms with E-state index >= 15 is 0 Å². The lowest BCUT2D eigenvalue weighted by Crippen LogP contribution is -2.28. The van der Waals surface area contributed by atoms with E-state index in [1.54, 1.807) is 0 Å². The minimum absolute atomic E-state index is 0.0564. The molecule has 4 nitrogen and oxygen atoms in total. The number of carbonyl (C=O) groups is 1. The molecule has 0 atom stereocenters. The SMILES string of the molecule is O=C(Nc1ccon1)C(F)(F)Br. The maximum Gasteiger partial charge on any atom is 0.378 e. The molecular weight excluding hydrogens is 238 g/mol. The van der Waals surface area contributed by atoms with Crippen molar-refractivity contribution in [2.45, 2.75) is 4.83 Å². The Bertz CT molecular complexity index is 269. The van der Waals surface area contributed by atoms with Crippen molar-refractivity contribution >= 4 is 27.7 Å². The van der Waals surface area contributed by atoms with Gasteiger partial charge in [0, 0.05) is 22.0 Å². The summed E-state index contributed by atoms with van der Waals surface area (Å²) >= 11 is 1.89. The molecule has 0 aliphatic rings. The molecule has 0 saturated carbocycles. The van der Waals surface area contributed by atoms with E-state index in [-0.39, 0.29) is 5.82 Å². The molecule has 0 radical (unpaired) electrons. The first kappa shape index (κ1) is 9.11. The fourth-order valence-electron chi connectivity index (χ4n) is 0.464. The van der Waals surface area contributed by atoms with Gasteiger partial charge < -0.3 is 9.84 Å². The molecule has 7 heteroatoms. The second kappa shape index (κ2) is 3.18. The Balaban J connectivity index is 2.60. The highest BCUT2D eigenvalue weighted by Crippen LogP contribution is 2.22. The Hall–Kier alpha value is -0.980. The van der Waals surface area contributed by atoms with E-state index in [9.17, 15) is 13.6 Å². The van der Waals surface area contributed by atoms with Gasteiger partial charge in [0.05, 0.1) is 0 Å². The third-order valence-corrected chi connectivity index (χ3v) is 1.30. The van der Waals surface area contributed by atoms with Gasteiger partial charge in [-0.15, -0.1) is 0 Å². The van der Waals surface area contributed by atoms with Gasteiger partial charge in [0.15, 0.2) is 5.82 Å². The van der Waals surface area contributed by atoms with Gasteiger partial charge in [-0.1, -0.05) is 5.16 Å². The van der Waals surface area contributed by atoms with Gasteiger partial charge in [-0.05, 0) is 0 Å². The quantitative estimate of drug-likeness (QED) is 0.800. The van der Waals surface area contributed by atoms with Crippen LogP contribution in [0, 0.1) is 0 Å². The molecule has 0 aromatic carbocycles. The summed E-state index contributed by atoms with van der Waals surface area (Å²) in [6.07, 6.45) is 1.15. The molecule has 1 rings (SSSR count). The van der Waals surface area contributed by atoms with E-state index in [1.165, 1.54) is 6.07 Å². The standard InChI is InChI=1S/C5H3BrF2N2O2/c6-5(7,8)4(11)9-3-1-2-12-10-3/h1-2H,(H,9,10,11). The summed E-state index contributed by atoms with van der Waals surface area (Å²) in [5.41, 5.74) is 0. The first-order chi connectivity index (χ1) is 5.50. The summed E-state index contributed by atoms with van der Waals surface area (Å²) in [6, 6.07) is 1.25. The zero-order valence-electron chi connectivity index (χ0n) is 5.55. The average Bonchev–Trinajstić information content (AvgIpc) is 2.37. The molecule has 1 amide bonds. The van der Waals surface area contributed by atoms with Gasteiger partial charge in [0.25, 0.3) is 0 Å². The number of nitrogens with one attached hydrogen (secondary N) is 1. The Labute approximate surface area is 74.0 Å². The molecule has 0 unspecified atom stereocenters. The van der Waals surface area contributed by atoms with Crippen molar-refractivity contribution in [2.24, 2.45) is 0 Å². The molecule has 1 aromatic heterocycles. The first-order valence-corrected chi connectivity index (χ1v) is 3.58. The molecule has 0 aliphatic heterocycles.